The summed E-state index contributed by atoms with van der Waals surface area (Å²) >= 11 is 0. The van der Waals surface area contributed by atoms with Crippen LogP contribution >= 0.6 is 0 Å². The van der Waals surface area contributed by atoms with E-state index in [1.54, 1.807) is 0 Å². The first-order valence-electron chi connectivity index (χ1n) is 8.80. The number of aromatic amines is 1. The molecule has 4 N–H and O–H groups in total. The maximum atomic E-state index is 12.2. The smallest absolute Gasteiger partial charge is 0.224 e. The lowest BCUT2D eigenvalue weighted by atomic mass is 10.00. The zero-order valence-electron chi connectivity index (χ0n) is 14.0. The third kappa shape index (κ3) is 3.42. The van der Waals surface area contributed by atoms with E-state index in [1.807, 2.05) is 48.5 Å². The number of H-pyrrole nitrogens is 1. The molecule has 4 rings (SSSR count). The van der Waals surface area contributed by atoms with Gasteiger partial charge < -0.3 is 16.0 Å². The van der Waals surface area contributed by atoms with Crippen LogP contribution in [0, 0.1) is 5.92 Å². The lowest BCUT2D eigenvalue weighted by molar-refractivity contribution is -0.117. The van der Waals surface area contributed by atoms with E-state index >= 15 is 0 Å². The molecule has 0 spiro atoms. The Morgan fingerprint density at radius 1 is 1.16 bits per heavy atom. The fraction of sp³-hybridized carbons (Fsp3) is 0.300. The van der Waals surface area contributed by atoms with Gasteiger partial charge >= 0.3 is 0 Å². The van der Waals surface area contributed by atoms with Crippen LogP contribution in [0.5, 0.6) is 0 Å². The van der Waals surface area contributed by atoms with Gasteiger partial charge in [0.1, 0.15) is 5.82 Å². The van der Waals surface area contributed by atoms with Crippen molar-refractivity contribution in [1.29, 1.82) is 0 Å². The zero-order valence-corrected chi connectivity index (χ0v) is 14.0. The van der Waals surface area contributed by atoms with Crippen molar-refractivity contribution in [2.45, 2.75) is 31.7 Å². The van der Waals surface area contributed by atoms with E-state index < -0.39 is 0 Å². The number of carbonyl (C=O) groups is 1. The molecule has 2 atom stereocenters. The number of imidazole rings is 1. The molecule has 0 unspecified atom stereocenters. The van der Waals surface area contributed by atoms with Crippen LogP contribution in [0.15, 0.2) is 48.5 Å². The van der Waals surface area contributed by atoms with Crippen LogP contribution in [0.3, 0.4) is 0 Å². The zero-order chi connectivity index (χ0) is 17.2. The Kier molecular flexibility index (Phi) is 4.24. The summed E-state index contributed by atoms with van der Waals surface area (Å²) in [7, 11) is 0. The quantitative estimate of drug-likeness (QED) is 0.680. The van der Waals surface area contributed by atoms with Crippen LogP contribution in [0.25, 0.3) is 22.4 Å². The molecule has 0 bridgehead atoms. The number of nitrogens with zero attached hydrogens (tertiary/aromatic N) is 1. The third-order valence-corrected chi connectivity index (χ3v) is 5.00. The molecule has 1 aliphatic carbocycles. The van der Waals surface area contributed by atoms with Crippen molar-refractivity contribution in [1.82, 2.24) is 9.97 Å². The summed E-state index contributed by atoms with van der Waals surface area (Å²) in [5.41, 5.74) is 9.80. The fourth-order valence-corrected chi connectivity index (χ4v) is 3.57. The molecule has 1 saturated carbocycles. The Bertz CT molecular complexity index is 851. The van der Waals surface area contributed by atoms with Crippen molar-refractivity contribution in [2.75, 3.05) is 5.32 Å². The molecule has 1 aromatic heterocycles. The second-order valence-corrected chi connectivity index (χ2v) is 6.79. The Balaban J connectivity index is 1.43. The molecule has 5 nitrogen and oxygen atoms in total. The normalized spacial score (nSPS) is 20.0. The number of carbonyl (C=O) groups excluding carboxylic acids is 1. The number of anilines is 1. The summed E-state index contributed by atoms with van der Waals surface area (Å²) in [5, 5.41) is 2.97. The van der Waals surface area contributed by atoms with E-state index in [4.69, 9.17) is 5.73 Å². The number of hydrogen-bond acceptors (Lipinski definition) is 3. The summed E-state index contributed by atoms with van der Waals surface area (Å²) in [4.78, 5) is 20.1. The number of fused-ring (bicyclic) bond motifs is 1. The second kappa shape index (κ2) is 6.69. The Labute approximate surface area is 146 Å². The fourth-order valence-electron chi connectivity index (χ4n) is 3.57. The van der Waals surface area contributed by atoms with E-state index in [1.165, 1.54) is 0 Å². The number of aromatic nitrogens is 2. The first-order valence-corrected chi connectivity index (χ1v) is 8.80. The molecule has 1 fully saturated rings. The topological polar surface area (TPSA) is 83.8 Å². The van der Waals surface area contributed by atoms with E-state index in [2.05, 4.69) is 15.3 Å². The maximum absolute atomic E-state index is 12.2. The number of hydrogen-bond donors (Lipinski definition) is 3. The number of nitrogens with one attached hydrogen (secondary N) is 2. The summed E-state index contributed by atoms with van der Waals surface area (Å²) < 4.78 is 0. The van der Waals surface area contributed by atoms with Crippen molar-refractivity contribution in [3.8, 4) is 11.4 Å². The average Bonchev–Trinajstić information content (AvgIpc) is 3.22. The van der Waals surface area contributed by atoms with Crippen molar-refractivity contribution >= 4 is 22.6 Å². The highest BCUT2D eigenvalue weighted by atomic mass is 16.1. The van der Waals surface area contributed by atoms with Crippen LogP contribution in [0.1, 0.15) is 25.7 Å². The molecule has 1 heterocycles. The molecule has 0 aliphatic heterocycles. The van der Waals surface area contributed by atoms with Crippen LogP contribution in [-0.2, 0) is 4.79 Å². The predicted octanol–water partition coefficient (Wildman–Crippen LogP) is 3.69. The van der Waals surface area contributed by atoms with Gasteiger partial charge in [-0.15, -0.1) is 0 Å². The molecule has 3 aromatic rings. The summed E-state index contributed by atoms with van der Waals surface area (Å²) in [6.45, 7) is 0. The molecule has 5 heteroatoms. The lowest BCUT2D eigenvalue weighted by Crippen LogP contribution is -2.28. The van der Waals surface area contributed by atoms with Crippen LogP contribution in [-0.4, -0.2) is 21.9 Å². The molecule has 128 valence electrons. The van der Waals surface area contributed by atoms with Crippen LogP contribution in [0.2, 0.25) is 0 Å². The number of para-hydroxylation sites is 2. The van der Waals surface area contributed by atoms with Crippen molar-refractivity contribution in [3.05, 3.63) is 48.5 Å². The van der Waals surface area contributed by atoms with Gasteiger partial charge in [0.25, 0.3) is 0 Å². The van der Waals surface area contributed by atoms with Crippen molar-refractivity contribution < 1.29 is 4.79 Å². The summed E-state index contributed by atoms with van der Waals surface area (Å²) in [6, 6.07) is 15.9. The van der Waals surface area contributed by atoms with Gasteiger partial charge in [-0.25, -0.2) is 4.98 Å². The highest BCUT2D eigenvalue weighted by Gasteiger charge is 2.25. The summed E-state index contributed by atoms with van der Waals surface area (Å²) in [5.74, 6) is 1.18. The first-order chi connectivity index (χ1) is 12.2. The molecule has 1 amide bonds. The SMILES string of the molecule is N[C@@H]1CCC[C@H]1CC(=O)Nc1ccc(-c2nc3ccccc3[nH]2)cc1. The second-order valence-electron chi connectivity index (χ2n) is 6.79. The van der Waals surface area contributed by atoms with E-state index in [0.29, 0.717) is 12.3 Å². The Morgan fingerprint density at radius 2 is 1.96 bits per heavy atom. The minimum Gasteiger partial charge on any atom is -0.338 e. The molecule has 2 aromatic carbocycles. The minimum absolute atomic E-state index is 0.0406. The highest BCUT2D eigenvalue weighted by molar-refractivity contribution is 5.91. The molecule has 0 radical (unpaired) electrons. The number of amides is 1. The van der Waals surface area contributed by atoms with Gasteiger partial charge in [0.2, 0.25) is 5.91 Å². The van der Waals surface area contributed by atoms with Crippen molar-refractivity contribution in [3.63, 3.8) is 0 Å². The van der Waals surface area contributed by atoms with E-state index in [-0.39, 0.29) is 11.9 Å². The molecule has 1 aliphatic rings. The third-order valence-electron chi connectivity index (χ3n) is 5.00. The predicted molar refractivity (Wildman–Crippen MR) is 100 cm³/mol. The van der Waals surface area contributed by atoms with Gasteiger partial charge in [-0.1, -0.05) is 18.6 Å². The van der Waals surface area contributed by atoms with E-state index in [9.17, 15) is 4.79 Å². The van der Waals surface area contributed by atoms with Gasteiger partial charge in [-0.05, 0) is 55.2 Å². The van der Waals surface area contributed by atoms with Crippen LogP contribution in [0.4, 0.5) is 5.69 Å². The van der Waals surface area contributed by atoms with Gasteiger partial charge in [-0.2, -0.15) is 0 Å². The molecule has 25 heavy (non-hydrogen) atoms. The molecule has 0 saturated heterocycles. The summed E-state index contributed by atoms with van der Waals surface area (Å²) in [6.07, 6.45) is 3.72. The maximum Gasteiger partial charge on any atom is 0.224 e. The highest BCUT2D eigenvalue weighted by Crippen LogP contribution is 2.27. The lowest BCUT2D eigenvalue weighted by Gasteiger charge is -2.14. The largest absolute Gasteiger partial charge is 0.338 e. The number of nitrogens with two attached hydrogens (primary N) is 1. The van der Waals surface area contributed by atoms with Gasteiger partial charge in [0.15, 0.2) is 0 Å². The van der Waals surface area contributed by atoms with E-state index in [0.717, 1.165) is 47.4 Å². The first kappa shape index (κ1) is 15.8. The van der Waals surface area contributed by atoms with Gasteiger partial charge in [0.05, 0.1) is 11.0 Å². The average molecular weight is 334 g/mol. The molecular weight excluding hydrogens is 312 g/mol. The monoisotopic (exact) mass is 334 g/mol. The van der Waals surface area contributed by atoms with Gasteiger partial charge in [0, 0.05) is 23.7 Å². The standard InChI is InChI=1S/C20H22N4O/c21-16-5-3-4-14(16)12-19(25)22-15-10-8-13(9-11-15)20-23-17-6-1-2-7-18(17)24-20/h1-2,6-11,14,16H,3-5,12,21H2,(H,22,25)(H,23,24)/t14-,16+/m0/s1. The number of benzene rings is 2. The minimum atomic E-state index is 0.0406. The van der Waals surface area contributed by atoms with Gasteiger partial charge in [-0.3, -0.25) is 4.79 Å². The molecular formula is C20H22N4O. The number of rotatable bonds is 4. The van der Waals surface area contributed by atoms with Crippen molar-refractivity contribution in [2.24, 2.45) is 11.7 Å². The Hall–Kier alpha value is -2.66. The Morgan fingerprint density at radius 3 is 2.68 bits per heavy atom. The van der Waals surface area contributed by atoms with Crippen LogP contribution < -0.4 is 11.1 Å².